The molecule has 0 spiro atoms. The summed E-state index contributed by atoms with van der Waals surface area (Å²) in [6, 6.07) is 2.37. The standard InChI is InChI=1S/C14H22N2O2/c1-11-12(6-9-18-11)16-13(17)14(10-15)7-4-2-3-5-8-14/h11-12H,2-9H2,1H3,(H,16,17). The average molecular weight is 250 g/mol. The summed E-state index contributed by atoms with van der Waals surface area (Å²) in [5, 5.41) is 12.5. The van der Waals surface area contributed by atoms with E-state index in [2.05, 4.69) is 11.4 Å². The zero-order chi connectivity index (χ0) is 13.0. The number of amides is 1. The van der Waals surface area contributed by atoms with E-state index >= 15 is 0 Å². The molecule has 1 aliphatic carbocycles. The van der Waals surface area contributed by atoms with Crippen LogP contribution in [0.1, 0.15) is 51.9 Å². The van der Waals surface area contributed by atoms with E-state index in [0.29, 0.717) is 19.4 Å². The summed E-state index contributed by atoms with van der Waals surface area (Å²) in [5.74, 6) is -0.0748. The fraction of sp³-hybridized carbons (Fsp3) is 0.857. The Bertz CT molecular complexity index is 340. The number of hydrogen-bond donors (Lipinski definition) is 1. The number of hydrogen-bond acceptors (Lipinski definition) is 3. The number of nitrogens with zero attached hydrogens (tertiary/aromatic N) is 1. The molecule has 1 heterocycles. The molecule has 0 aromatic rings. The van der Waals surface area contributed by atoms with Crippen molar-refractivity contribution in [1.82, 2.24) is 5.32 Å². The molecule has 100 valence electrons. The van der Waals surface area contributed by atoms with Crippen LogP contribution in [0.15, 0.2) is 0 Å². The summed E-state index contributed by atoms with van der Waals surface area (Å²) in [7, 11) is 0. The van der Waals surface area contributed by atoms with Crippen LogP contribution in [0.4, 0.5) is 0 Å². The third-order valence-electron chi connectivity index (χ3n) is 4.30. The summed E-state index contributed by atoms with van der Waals surface area (Å²) < 4.78 is 5.45. The van der Waals surface area contributed by atoms with Crippen molar-refractivity contribution in [3.63, 3.8) is 0 Å². The second-order valence-corrected chi connectivity index (χ2v) is 5.55. The van der Waals surface area contributed by atoms with Crippen LogP contribution in [-0.2, 0) is 9.53 Å². The topological polar surface area (TPSA) is 62.1 Å². The Kier molecular flexibility index (Phi) is 4.23. The molecule has 2 unspecified atom stereocenters. The fourth-order valence-corrected chi connectivity index (χ4v) is 2.95. The van der Waals surface area contributed by atoms with E-state index in [9.17, 15) is 10.1 Å². The Balaban J connectivity index is 2.02. The third kappa shape index (κ3) is 2.67. The monoisotopic (exact) mass is 250 g/mol. The number of nitriles is 1. The predicted molar refractivity (Wildman–Crippen MR) is 67.7 cm³/mol. The second kappa shape index (κ2) is 5.71. The number of carbonyl (C=O) groups is 1. The molecule has 1 N–H and O–H groups in total. The lowest BCUT2D eigenvalue weighted by Crippen LogP contribution is -2.47. The lowest BCUT2D eigenvalue weighted by atomic mass is 9.80. The molecule has 4 heteroatoms. The average Bonchev–Trinajstić information content (AvgIpc) is 2.66. The van der Waals surface area contributed by atoms with Crippen LogP contribution in [0.3, 0.4) is 0 Å². The van der Waals surface area contributed by atoms with Crippen molar-refractivity contribution in [1.29, 1.82) is 5.26 Å². The van der Waals surface area contributed by atoms with Gasteiger partial charge in [-0.05, 0) is 26.2 Å². The highest BCUT2D eigenvalue weighted by Crippen LogP contribution is 2.35. The van der Waals surface area contributed by atoms with Gasteiger partial charge in [0.25, 0.3) is 0 Å². The summed E-state index contributed by atoms with van der Waals surface area (Å²) in [6.45, 7) is 2.68. The molecule has 4 nitrogen and oxygen atoms in total. The number of nitrogens with one attached hydrogen (secondary N) is 1. The lowest BCUT2D eigenvalue weighted by Gasteiger charge is -2.26. The molecule has 1 aliphatic heterocycles. The largest absolute Gasteiger partial charge is 0.376 e. The minimum Gasteiger partial charge on any atom is -0.376 e. The first-order chi connectivity index (χ1) is 8.68. The van der Waals surface area contributed by atoms with Gasteiger partial charge in [0, 0.05) is 6.61 Å². The van der Waals surface area contributed by atoms with Gasteiger partial charge in [-0.25, -0.2) is 0 Å². The zero-order valence-electron chi connectivity index (χ0n) is 11.1. The fourth-order valence-electron chi connectivity index (χ4n) is 2.95. The van der Waals surface area contributed by atoms with Gasteiger partial charge in [-0.2, -0.15) is 5.26 Å². The Labute approximate surface area is 109 Å². The van der Waals surface area contributed by atoms with Crippen molar-refractivity contribution in [3.05, 3.63) is 0 Å². The van der Waals surface area contributed by atoms with Crippen LogP contribution in [0.25, 0.3) is 0 Å². The van der Waals surface area contributed by atoms with Crippen molar-refractivity contribution in [2.45, 2.75) is 64.0 Å². The third-order valence-corrected chi connectivity index (χ3v) is 4.30. The van der Waals surface area contributed by atoms with Crippen LogP contribution >= 0.6 is 0 Å². The molecular weight excluding hydrogens is 228 g/mol. The van der Waals surface area contributed by atoms with Crippen LogP contribution in [-0.4, -0.2) is 24.7 Å². The summed E-state index contributed by atoms with van der Waals surface area (Å²) >= 11 is 0. The minimum atomic E-state index is -0.793. The zero-order valence-corrected chi connectivity index (χ0v) is 11.1. The molecule has 0 aromatic heterocycles. The molecule has 2 atom stereocenters. The normalized spacial score (nSPS) is 31.3. The molecule has 18 heavy (non-hydrogen) atoms. The molecule has 2 fully saturated rings. The molecule has 0 radical (unpaired) electrons. The summed E-state index contributed by atoms with van der Waals surface area (Å²) in [4.78, 5) is 12.4. The van der Waals surface area contributed by atoms with Gasteiger partial charge in [0.1, 0.15) is 5.41 Å². The number of rotatable bonds is 2. The Morgan fingerprint density at radius 3 is 2.50 bits per heavy atom. The number of carbonyl (C=O) groups excluding carboxylic acids is 1. The molecular formula is C14H22N2O2. The first-order valence-electron chi connectivity index (χ1n) is 7.02. The van der Waals surface area contributed by atoms with E-state index in [4.69, 9.17) is 4.74 Å². The highest BCUT2D eigenvalue weighted by Gasteiger charge is 2.40. The van der Waals surface area contributed by atoms with Crippen molar-refractivity contribution in [2.24, 2.45) is 5.41 Å². The van der Waals surface area contributed by atoms with E-state index in [-0.39, 0.29) is 18.1 Å². The van der Waals surface area contributed by atoms with Gasteiger partial charge in [-0.1, -0.05) is 25.7 Å². The smallest absolute Gasteiger partial charge is 0.240 e. The molecule has 0 bridgehead atoms. The molecule has 2 rings (SSSR count). The van der Waals surface area contributed by atoms with Gasteiger partial charge >= 0.3 is 0 Å². The molecule has 1 amide bonds. The maximum atomic E-state index is 12.4. The minimum absolute atomic E-state index is 0.0653. The quantitative estimate of drug-likeness (QED) is 0.764. The lowest BCUT2D eigenvalue weighted by molar-refractivity contribution is -0.129. The van der Waals surface area contributed by atoms with Gasteiger partial charge in [0.2, 0.25) is 5.91 Å². The van der Waals surface area contributed by atoms with Gasteiger partial charge in [-0.15, -0.1) is 0 Å². The predicted octanol–water partition coefficient (Wildman–Crippen LogP) is 2.14. The van der Waals surface area contributed by atoms with E-state index in [1.165, 1.54) is 0 Å². The summed E-state index contributed by atoms with van der Waals surface area (Å²) in [6.07, 6.45) is 6.58. The van der Waals surface area contributed by atoms with Crippen LogP contribution in [0.2, 0.25) is 0 Å². The van der Waals surface area contributed by atoms with E-state index < -0.39 is 5.41 Å². The van der Waals surface area contributed by atoms with Crippen LogP contribution in [0.5, 0.6) is 0 Å². The Morgan fingerprint density at radius 1 is 1.33 bits per heavy atom. The van der Waals surface area contributed by atoms with Crippen LogP contribution < -0.4 is 5.32 Å². The van der Waals surface area contributed by atoms with Crippen molar-refractivity contribution < 1.29 is 9.53 Å². The Morgan fingerprint density at radius 2 is 2.00 bits per heavy atom. The van der Waals surface area contributed by atoms with Gasteiger partial charge < -0.3 is 10.1 Å². The first kappa shape index (κ1) is 13.4. The highest BCUT2D eigenvalue weighted by atomic mass is 16.5. The maximum absolute atomic E-state index is 12.4. The van der Waals surface area contributed by atoms with Gasteiger partial charge in [-0.3, -0.25) is 4.79 Å². The second-order valence-electron chi connectivity index (χ2n) is 5.55. The number of ether oxygens (including phenoxy) is 1. The van der Waals surface area contributed by atoms with Crippen molar-refractivity contribution >= 4 is 5.91 Å². The molecule has 1 saturated heterocycles. The molecule has 0 aromatic carbocycles. The van der Waals surface area contributed by atoms with Gasteiger partial charge in [0.05, 0.1) is 18.2 Å². The van der Waals surface area contributed by atoms with E-state index in [1.807, 2.05) is 6.92 Å². The van der Waals surface area contributed by atoms with Crippen molar-refractivity contribution in [2.75, 3.05) is 6.61 Å². The Hall–Kier alpha value is -1.08. The van der Waals surface area contributed by atoms with E-state index in [1.54, 1.807) is 0 Å². The highest BCUT2D eigenvalue weighted by molar-refractivity contribution is 5.85. The first-order valence-corrected chi connectivity index (χ1v) is 7.02. The van der Waals surface area contributed by atoms with E-state index in [0.717, 1.165) is 32.1 Å². The van der Waals surface area contributed by atoms with Crippen molar-refractivity contribution in [3.8, 4) is 6.07 Å². The maximum Gasteiger partial charge on any atom is 0.240 e. The summed E-state index contributed by atoms with van der Waals surface area (Å²) in [5.41, 5.74) is -0.793. The molecule has 2 aliphatic rings. The van der Waals surface area contributed by atoms with Gasteiger partial charge in [0.15, 0.2) is 0 Å². The SMILES string of the molecule is CC1OCCC1NC(=O)C1(C#N)CCCCCC1. The van der Waals surface area contributed by atoms with Crippen LogP contribution in [0, 0.1) is 16.7 Å². The molecule has 1 saturated carbocycles.